The number of aromatic nitrogens is 2. The zero-order chi connectivity index (χ0) is 9.52. The molecule has 2 heterocycles. The average molecular weight is 199 g/mol. The van der Waals surface area contributed by atoms with Crippen LogP contribution in [0.4, 0.5) is 0 Å². The van der Waals surface area contributed by atoms with Crippen LogP contribution in [0.1, 0.15) is 12.8 Å². The Kier molecular flexibility index (Phi) is 4.42. The summed E-state index contributed by atoms with van der Waals surface area (Å²) in [5.41, 5.74) is -0.266. The molecule has 1 aromatic heterocycles. The third-order valence-electron chi connectivity index (χ3n) is 1.64. The lowest BCUT2D eigenvalue weighted by molar-refractivity contribution is 0.857. The topological polar surface area (TPSA) is 60.7 Å². The Balaban J connectivity index is 0.000000145. The highest BCUT2D eigenvalue weighted by atomic mass is 32.1. The van der Waals surface area contributed by atoms with Crippen LogP contribution in [0.25, 0.3) is 0 Å². The number of nitrogens with one attached hydrogen (secondary N) is 3. The number of aromatic amines is 2. The molecule has 0 aliphatic carbocycles. The van der Waals surface area contributed by atoms with Gasteiger partial charge in [-0.3, -0.25) is 4.98 Å². The molecule has 0 spiro atoms. The molecule has 3 N–H and O–H groups in total. The summed E-state index contributed by atoms with van der Waals surface area (Å²) in [5, 5.41) is 3.22. The normalized spacial score (nSPS) is 14.8. The zero-order valence-corrected chi connectivity index (χ0v) is 8.12. The molecule has 0 aromatic carbocycles. The van der Waals surface area contributed by atoms with E-state index in [1.165, 1.54) is 32.1 Å². The maximum absolute atomic E-state index is 10.3. The van der Waals surface area contributed by atoms with Crippen molar-refractivity contribution in [2.75, 3.05) is 13.1 Å². The van der Waals surface area contributed by atoms with Gasteiger partial charge in [0.25, 0.3) is 0 Å². The number of H-pyrrole nitrogens is 2. The summed E-state index contributed by atoms with van der Waals surface area (Å²) in [6, 6.07) is 1.61. The van der Waals surface area contributed by atoms with Gasteiger partial charge in [-0.05, 0) is 32.0 Å². The minimum absolute atomic E-state index is 0.266. The van der Waals surface area contributed by atoms with E-state index in [4.69, 9.17) is 0 Å². The summed E-state index contributed by atoms with van der Waals surface area (Å²) in [6.07, 6.45) is 4.28. The fraction of sp³-hybridized carbons (Fsp3) is 0.500. The van der Waals surface area contributed by atoms with Crippen molar-refractivity contribution in [3.63, 3.8) is 0 Å². The van der Waals surface area contributed by atoms with Crippen LogP contribution in [0.5, 0.6) is 0 Å². The second-order valence-corrected chi connectivity index (χ2v) is 3.19. The van der Waals surface area contributed by atoms with Gasteiger partial charge in [-0.2, -0.15) is 0 Å². The summed E-state index contributed by atoms with van der Waals surface area (Å²) in [7, 11) is 0. The third-order valence-corrected chi connectivity index (χ3v) is 1.88. The van der Waals surface area contributed by atoms with Gasteiger partial charge in [-0.1, -0.05) is 12.2 Å². The highest BCUT2D eigenvalue weighted by molar-refractivity contribution is 7.71. The van der Waals surface area contributed by atoms with Crippen molar-refractivity contribution < 1.29 is 0 Å². The van der Waals surface area contributed by atoms with E-state index in [1.807, 2.05) is 0 Å². The predicted molar refractivity (Wildman–Crippen MR) is 54.4 cm³/mol. The van der Waals surface area contributed by atoms with E-state index < -0.39 is 0 Å². The Morgan fingerprint density at radius 3 is 2.31 bits per heavy atom. The summed E-state index contributed by atoms with van der Waals surface area (Å²) < 4.78 is 0.453. The summed E-state index contributed by atoms with van der Waals surface area (Å²) in [6.45, 7) is 2.50. The predicted octanol–water partition coefficient (Wildman–Crippen LogP) is 0.802. The zero-order valence-electron chi connectivity index (χ0n) is 7.30. The highest BCUT2D eigenvalue weighted by Crippen LogP contribution is 1.90. The molecule has 1 aromatic rings. The Bertz CT molecular complexity index is 307. The van der Waals surface area contributed by atoms with Crippen LogP contribution < -0.4 is 11.0 Å². The largest absolute Gasteiger partial charge is 0.323 e. The molecule has 1 fully saturated rings. The SMILES string of the molecule is C1CCNC1.O=c1[nH]ccc(=S)[nH]1. The Labute approximate surface area is 81.4 Å². The second-order valence-electron chi connectivity index (χ2n) is 2.75. The molecule has 72 valence electrons. The lowest BCUT2D eigenvalue weighted by Crippen LogP contribution is -2.07. The lowest BCUT2D eigenvalue weighted by atomic mass is 10.4. The van der Waals surface area contributed by atoms with Gasteiger partial charge in [-0.25, -0.2) is 4.79 Å². The average Bonchev–Trinajstić information content (AvgIpc) is 2.59. The van der Waals surface area contributed by atoms with Crippen molar-refractivity contribution in [2.24, 2.45) is 0 Å². The molecule has 0 radical (unpaired) electrons. The van der Waals surface area contributed by atoms with Gasteiger partial charge in [-0.15, -0.1) is 0 Å². The molecule has 13 heavy (non-hydrogen) atoms. The molecule has 1 aliphatic rings. The van der Waals surface area contributed by atoms with Crippen molar-refractivity contribution in [1.82, 2.24) is 15.3 Å². The summed E-state index contributed by atoms with van der Waals surface area (Å²) in [5.74, 6) is 0. The van der Waals surface area contributed by atoms with Crippen LogP contribution in [-0.2, 0) is 0 Å². The van der Waals surface area contributed by atoms with E-state index in [9.17, 15) is 4.79 Å². The quantitative estimate of drug-likeness (QED) is 0.542. The molecule has 0 amide bonds. The van der Waals surface area contributed by atoms with Gasteiger partial charge in [0.05, 0.1) is 0 Å². The van der Waals surface area contributed by atoms with Crippen molar-refractivity contribution in [2.45, 2.75) is 12.8 Å². The smallest absolute Gasteiger partial charge is 0.317 e. The van der Waals surface area contributed by atoms with Gasteiger partial charge in [0.2, 0.25) is 0 Å². The first-order valence-corrected chi connectivity index (χ1v) is 4.68. The number of hydrogen-bond donors (Lipinski definition) is 3. The molecule has 0 saturated carbocycles. The van der Waals surface area contributed by atoms with Gasteiger partial charge >= 0.3 is 5.69 Å². The highest BCUT2D eigenvalue weighted by Gasteiger charge is 1.93. The van der Waals surface area contributed by atoms with E-state index in [0.717, 1.165) is 0 Å². The van der Waals surface area contributed by atoms with Crippen molar-refractivity contribution in [3.05, 3.63) is 27.4 Å². The lowest BCUT2D eigenvalue weighted by Gasteiger charge is -1.78. The van der Waals surface area contributed by atoms with Crippen LogP contribution in [0.15, 0.2) is 17.1 Å². The van der Waals surface area contributed by atoms with E-state index >= 15 is 0 Å². The maximum Gasteiger partial charge on any atom is 0.323 e. The standard InChI is InChI=1S/C4H4N2OS.C4H9N/c7-4-5-2-1-3(8)6-4;1-2-4-5-3-1/h1-2H,(H2,5,6,7,8);5H,1-4H2. The van der Waals surface area contributed by atoms with Crippen LogP contribution in [0.2, 0.25) is 0 Å². The van der Waals surface area contributed by atoms with Crippen LogP contribution >= 0.6 is 12.2 Å². The first-order chi connectivity index (χ1) is 6.29. The van der Waals surface area contributed by atoms with Crippen LogP contribution in [0.3, 0.4) is 0 Å². The van der Waals surface area contributed by atoms with Crippen molar-refractivity contribution in [3.8, 4) is 0 Å². The van der Waals surface area contributed by atoms with Gasteiger partial charge in [0.1, 0.15) is 4.64 Å². The van der Waals surface area contributed by atoms with E-state index in [2.05, 4.69) is 27.5 Å². The molecule has 0 atom stereocenters. The number of rotatable bonds is 0. The number of hydrogen-bond acceptors (Lipinski definition) is 3. The van der Waals surface area contributed by atoms with Crippen molar-refractivity contribution in [1.29, 1.82) is 0 Å². The Morgan fingerprint density at radius 1 is 1.31 bits per heavy atom. The Morgan fingerprint density at radius 2 is 2.00 bits per heavy atom. The van der Waals surface area contributed by atoms with Crippen LogP contribution in [0, 0.1) is 4.64 Å². The first-order valence-electron chi connectivity index (χ1n) is 4.28. The Hall–Kier alpha value is -0.940. The molecular weight excluding hydrogens is 186 g/mol. The van der Waals surface area contributed by atoms with E-state index in [-0.39, 0.29) is 5.69 Å². The minimum Gasteiger partial charge on any atom is -0.317 e. The third kappa shape index (κ3) is 4.59. The molecule has 5 heteroatoms. The molecule has 0 unspecified atom stereocenters. The van der Waals surface area contributed by atoms with Crippen LogP contribution in [-0.4, -0.2) is 23.1 Å². The van der Waals surface area contributed by atoms with Crippen molar-refractivity contribution >= 4 is 12.2 Å². The summed E-state index contributed by atoms with van der Waals surface area (Å²) >= 11 is 4.62. The minimum atomic E-state index is -0.266. The van der Waals surface area contributed by atoms with Gasteiger partial charge in [0, 0.05) is 6.20 Å². The maximum atomic E-state index is 10.3. The first kappa shape index (κ1) is 10.1. The molecular formula is C8H13N3OS. The summed E-state index contributed by atoms with van der Waals surface area (Å²) in [4.78, 5) is 15.1. The second kappa shape index (κ2) is 5.66. The molecule has 1 saturated heterocycles. The monoisotopic (exact) mass is 199 g/mol. The van der Waals surface area contributed by atoms with Gasteiger partial charge < -0.3 is 10.3 Å². The fourth-order valence-electron chi connectivity index (χ4n) is 1.01. The molecule has 4 nitrogen and oxygen atoms in total. The van der Waals surface area contributed by atoms with Gasteiger partial charge in [0.15, 0.2) is 0 Å². The van der Waals surface area contributed by atoms with E-state index in [1.54, 1.807) is 6.07 Å². The molecule has 2 rings (SSSR count). The van der Waals surface area contributed by atoms with E-state index in [0.29, 0.717) is 4.64 Å². The fourth-order valence-corrected chi connectivity index (χ4v) is 1.17. The molecule has 1 aliphatic heterocycles. The molecule has 0 bridgehead atoms.